The fourth-order valence-corrected chi connectivity index (χ4v) is 3.21. The van der Waals surface area contributed by atoms with Crippen molar-refractivity contribution in [3.05, 3.63) is 71.0 Å². The van der Waals surface area contributed by atoms with Gasteiger partial charge in [-0.25, -0.2) is 17.9 Å². The van der Waals surface area contributed by atoms with E-state index in [1.165, 1.54) is 18.2 Å². The standard InChI is InChI=1S/C21H14F8O/c1-2-3-11-4-6-14-12(8-11)5-7-15(19(14)24)13-9-16(22)18(17(23)10-13)20(25,26)30-21(27,28)29/h4-10H,2-3H2,1H3. The molecule has 1 nitrogen and oxygen atoms in total. The van der Waals surface area contributed by atoms with Crippen molar-refractivity contribution >= 4 is 10.8 Å². The lowest BCUT2D eigenvalue weighted by molar-refractivity contribution is -0.432. The van der Waals surface area contributed by atoms with Crippen LogP contribution in [0.3, 0.4) is 0 Å². The molecule has 0 fully saturated rings. The van der Waals surface area contributed by atoms with Crippen LogP contribution in [-0.4, -0.2) is 6.36 Å². The van der Waals surface area contributed by atoms with Crippen molar-refractivity contribution in [3.63, 3.8) is 0 Å². The fraction of sp³-hybridized carbons (Fsp3) is 0.238. The molecular weight excluding hydrogens is 420 g/mol. The third-order valence-electron chi connectivity index (χ3n) is 4.45. The van der Waals surface area contributed by atoms with Gasteiger partial charge in [0.05, 0.1) is 0 Å². The molecule has 0 radical (unpaired) electrons. The summed E-state index contributed by atoms with van der Waals surface area (Å²) in [4.78, 5) is 0. The lowest BCUT2D eigenvalue weighted by atomic mass is 9.97. The van der Waals surface area contributed by atoms with E-state index in [4.69, 9.17) is 0 Å². The summed E-state index contributed by atoms with van der Waals surface area (Å²) in [6.45, 7) is 1.98. The van der Waals surface area contributed by atoms with Gasteiger partial charge in [0.15, 0.2) is 0 Å². The molecule has 3 aromatic rings. The van der Waals surface area contributed by atoms with E-state index in [1.807, 2.05) is 6.92 Å². The van der Waals surface area contributed by atoms with Gasteiger partial charge in [0.2, 0.25) is 0 Å². The van der Waals surface area contributed by atoms with Crippen LogP contribution in [0.4, 0.5) is 35.1 Å². The van der Waals surface area contributed by atoms with Crippen LogP contribution in [0.2, 0.25) is 0 Å². The zero-order valence-electron chi connectivity index (χ0n) is 15.4. The van der Waals surface area contributed by atoms with Crippen LogP contribution in [0.5, 0.6) is 0 Å². The second-order valence-electron chi connectivity index (χ2n) is 6.61. The average molecular weight is 434 g/mol. The summed E-state index contributed by atoms with van der Waals surface area (Å²) in [7, 11) is 0. The normalized spacial score (nSPS) is 12.6. The molecule has 0 bridgehead atoms. The average Bonchev–Trinajstić information content (AvgIpc) is 2.59. The summed E-state index contributed by atoms with van der Waals surface area (Å²) in [6.07, 6.45) is -9.49. The van der Waals surface area contributed by atoms with Crippen LogP contribution in [0.25, 0.3) is 21.9 Å². The highest BCUT2D eigenvalue weighted by Gasteiger charge is 2.49. The Bertz CT molecular complexity index is 1070. The molecule has 0 aromatic heterocycles. The Morgan fingerprint density at radius 1 is 0.833 bits per heavy atom. The highest BCUT2D eigenvalue weighted by atomic mass is 19.4. The molecule has 0 aliphatic rings. The van der Waals surface area contributed by atoms with E-state index < -0.39 is 41.0 Å². The van der Waals surface area contributed by atoms with Crippen molar-refractivity contribution in [3.8, 4) is 11.1 Å². The van der Waals surface area contributed by atoms with Crippen LogP contribution in [0, 0.1) is 17.5 Å². The number of benzene rings is 3. The maximum Gasteiger partial charge on any atom is 0.527 e. The third-order valence-corrected chi connectivity index (χ3v) is 4.45. The largest absolute Gasteiger partial charge is 0.527 e. The van der Waals surface area contributed by atoms with Crippen molar-refractivity contribution in [1.82, 2.24) is 0 Å². The molecule has 0 spiro atoms. The summed E-state index contributed by atoms with van der Waals surface area (Å²) < 4.78 is 109. The van der Waals surface area contributed by atoms with E-state index in [-0.39, 0.29) is 10.9 Å². The molecule has 0 saturated heterocycles. The number of ether oxygens (including phenoxy) is 1. The number of fused-ring (bicyclic) bond motifs is 1. The lowest BCUT2D eigenvalue weighted by Gasteiger charge is -2.20. The highest BCUT2D eigenvalue weighted by Crippen LogP contribution is 2.40. The Kier molecular flexibility index (Phi) is 5.77. The van der Waals surface area contributed by atoms with Gasteiger partial charge in [-0.3, -0.25) is 0 Å². The predicted molar refractivity (Wildman–Crippen MR) is 94.3 cm³/mol. The number of aryl methyl sites for hydroxylation is 1. The van der Waals surface area contributed by atoms with Gasteiger partial charge in [0.1, 0.15) is 23.0 Å². The summed E-state index contributed by atoms with van der Waals surface area (Å²) in [6, 6.07) is 8.32. The van der Waals surface area contributed by atoms with Gasteiger partial charge < -0.3 is 0 Å². The molecule has 30 heavy (non-hydrogen) atoms. The smallest absolute Gasteiger partial charge is 0.222 e. The first-order valence-corrected chi connectivity index (χ1v) is 8.78. The van der Waals surface area contributed by atoms with Gasteiger partial charge >= 0.3 is 12.5 Å². The molecule has 0 N–H and O–H groups in total. The van der Waals surface area contributed by atoms with Gasteiger partial charge in [0.25, 0.3) is 0 Å². The number of alkyl halides is 5. The van der Waals surface area contributed by atoms with Crippen LogP contribution >= 0.6 is 0 Å². The molecule has 0 heterocycles. The Morgan fingerprint density at radius 2 is 1.47 bits per heavy atom. The Hall–Kier alpha value is -2.68. The molecule has 0 unspecified atom stereocenters. The minimum atomic E-state index is -5.83. The van der Waals surface area contributed by atoms with E-state index in [1.54, 1.807) is 12.1 Å². The molecule has 0 saturated carbocycles. The summed E-state index contributed by atoms with van der Waals surface area (Å²) in [5.41, 5.74) is -2.00. The van der Waals surface area contributed by atoms with Crippen LogP contribution in [0.15, 0.2) is 42.5 Å². The number of hydrogen-bond donors (Lipinski definition) is 0. The number of rotatable bonds is 5. The second kappa shape index (κ2) is 7.86. The molecule has 3 aromatic carbocycles. The Labute approximate surface area is 165 Å². The minimum Gasteiger partial charge on any atom is -0.222 e. The maximum atomic E-state index is 14.9. The topological polar surface area (TPSA) is 9.23 Å². The van der Waals surface area contributed by atoms with Gasteiger partial charge in [0, 0.05) is 10.9 Å². The van der Waals surface area contributed by atoms with Crippen molar-refractivity contribution in [2.24, 2.45) is 0 Å². The van der Waals surface area contributed by atoms with Gasteiger partial charge in [-0.05, 0) is 35.1 Å². The summed E-state index contributed by atoms with van der Waals surface area (Å²) >= 11 is 0. The zero-order valence-corrected chi connectivity index (χ0v) is 15.4. The van der Waals surface area contributed by atoms with E-state index in [2.05, 4.69) is 4.74 Å². The maximum absolute atomic E-state index is 14.9. The highest BCUT2D eigenvalue weighted by molar-refractivity contribution is 5.88. The first kappa shape index (κ1) is 22.0. The lowest BCUT2D eigenvalue weighted by Crippen LogP contribution is -2.29. The van der Waals surface area contributed by atoms with Crippen molar-refractivity contribution < 1.29 is 39.9 Å². The van der Waals surface area contributed by atoms with Gasteiger partial charge in [-0.2, -0.15) is 8.78 Å². The molecule has 0 atom stereocenters. The molecule has 3 rings (SSSR count). The van der Waals surface area contributed by atoms with Crippen molar-refractivity contribution in [1.29, 1.82) is 0 Å². The Morgan fingerprint density at radius 3 is 2.03 bits per heavy atom. The van der Waals surface area contributed by atoms with Crippen LogP contribution in [-0.2, 0) is 17.3 Å². The molecule has 9 heteroatoms. The number of halogens is 8. The first-order valence-electron chi connectivity index (χ1n) is 8.78. The molecule has 0 aliphatic heterocycles. The number of hydrogen-bond acceptors (Lipinski definition) is 1. The van der Waals surface area contributed by atoms with E-state index in [0.717, 1.165) is 18.4 Å². The SMILES string of the molecule is CCCc1ccc2c(F)c(-c3cc(F)c(C(F)(F)OC(F)(F)F)c(F)c3)ccc2c1. The minimum absolute atomic E-state index is 0.142. The van der Waals surface area contributed by atoms with Crippen LogP contribution < -0.4 is 0 Å². The van der Waals surface area contributed by atoms with E-state index in [9.17, 15) is 35.1 Å². The predicted octanol–water partition coefficient (Wildman–Crippen LogP) is 7.46. The quantitative estimate of drug-likeness (QED) is 0.379. The summed E-state index contributed by atoms with van der Waals surface area (Å²) in [5.74, 6) is -4.85. The van der Waals surface area contributed by atoms with Crippen molar-refractivity contribution in [2.45, 2.75) is 32.2 Å². The Balaban J connectivity index is 2.08. The summed E-state index contributed by atoms with van der Waals surface area (Å²) in [5, 5.41) is 0.674. The monoisotopic (exact) mass is 434 g/mol. The molecule has 160 valence electrons. The van der Waals surface area contributed by atoms with E-state index >= 15 is 0 Å². The van der Waals surface area contributed by atoms with E-state index in [0.29, 0.717) is 17.5 Å². The molecule has 0 aliphatic carbocycles. The van der Waals surface area contributed by atoms with Crippen molar-refractivity contribution in [2.75, 3.05) is 0 Å². The van der Waals surface area contributed by atoms with Gasteiger partial charge in [-0.1, -0.05) is 43.7 Å². The zero-order chi connectivity index (χ0) is 22.3. The first-order chi connectivity index (χ1) is 13.9. The third kappa shape index (κ3) is 4.40. The van der Waals surface area contributed by atoms with Gasteiger partial charge in [-0.15, -0.1) is 13.2 Å². The molecular formula is C21H14F8O. The van der Waals surface area contributed by atoms with Crippen LogP contribution in [0.1, 0.15) is 24.5 Å². The fourth-order valence-electron chi connectivity index (χ4n) is 3.21. The molecule has 0 amide bonds. The second-order valence-corrected chi connectivity index (χ2v) is 6.61.